The van der Waals surface area contributed by atoms with Gasteiger partial charge in [0.05, 0.1) is 0 Å². The van der Waals surface area contributed by atoms with E-state index in [1.54, 1.807) is 0 Å². The van der Waals surface area contributed by atoms with Crippen molar-refractivity contribution in [3.8, 4) is 11.4 Å². The van der Waals surface area contributed by atoms with Crippen molar-refractivity contribution in [3.05, 3.63) is 36.3 Å². The van der Waals surface area contributed by atoms with E-state index in [1.165, 1.54) is 5.39 Å². The number of hydrogen-bond acceptors (Lipinski definition) is 2. The third-order valence-corrected chi connectivity index (χ3v) is 2.41. The van der Waals surface area contributed by atoms with Crippen LogP contribution in [0.2, 0.25) is 0 Å². The number of rotatable bonds is 1. The van der Waals surface area contributed by atoms with Crippen molar-refractivity contribution in [1.29, 1.82) is 0 Å². The molecule has 0 saturated heterocycles. The Balaban J connectivity index is 2.18. The van der Waals surface area contributed by atoms with E-state index in [4.69, 9.17) is 0 Å². The van der Waals surface area contributed by atoms with Crippen LogP contribution in [0.1, 0.15) is 5.82 Å². The number of nitrogens with one attached hydrogen (secondary N) is 2. The Hall–Kier alpha value is -2.10. The van der Waals surface area contributed by atoms with Crippen molar-refractivity contribution in [3.63, 3.8) is 0 Å². The van der Waals surface area contributed by atoms with Crippen LogP contribution in [0.15, 0.2) is 30.5 Å². The lowest BCUT2D eigenvalue weighted by atomic mass is 10.1. The first-order chi connectivity index (χ1) is 7.33. The van der Waals surface area contributed by atoms with Crippen molar-refractivity contribution in [1.82, 2.24) is 20.2 Å². The van der Waals surface area contributed by atoms with Gasteiger partial charge in [-0.05, 0) is 31.2 Å². The molecular weight excluding hydrogens is 188 g/mol. The highest BCUT2D eigenvalue weighted by molar-refractivity contribution is 5.83. The molecule has 0 saturated carbocycles. The molecule has 0 aliphatic carbocycles. The lowest BCUT2D eigenvalue weighted by molar-refractivity contribution is 1.04. The Bertz CT molecular complexity index is 606. The lowest BCUT2D eigenvalue weighted by Crippen LogP contribution is -1.80. The fourth-order valence-corrected chi connectivity index (χ4v) is 1.66. The smallest absolute Gasteiger partial charge is 0.181 e. The Labute approximate surface area is 86.4 Å². The standard InChI is InChI=1S/C11H10N4/c1-7-13-11(15-14-7)9-2-3-10-8(6-9)4-5-12-10/h2-6,12H,1H3,(H,13,14,15). The van der Waals surface area contributed by atoms with Crippen LogP contribution in [0.4, 0.5) is 0 Å². The number of aryl methyl sites for hydroxylation is 1. The normalized spacial score (nSPS) is 11.0. The van der Waals surface area contributed by atoms with Crippen molar-refractivity contribution in [2.45, 2.75) is 6.92 Å². The zero-order chi connectivity index (χ0) is 10.3. The molecule has 0 spiro atoms. The summed E-state index contributed by atoms with van der Waals surface area (Å²) in [7, 11) is 0. The topological polar surface area (TPSA) is 57.4 Å². The van der Waals surface area contributed by atoms with E-state index in [0.29, 0.717) is 0 Å². The SMILES string of the molecule is Cc1nc(-c2ccc3[nH]ccc3c2)n[nH]1. The highest BCUT2D eigenvalue weighted by atomic mass is 15.2. The zero-order valence-corrected chi connectivity index (χ0v) is 8.28. The zero-order valence-electron chi connectivity index (χ0n) is 8.28. The highest BCUT2D eigenvalue weighted by Gasteiger charge is 2.04. The van der Waals surface area contributed by atoms with E-state index in [9.17, 15) is 0 Å². The third kappa shape index (κ3) is 1.30. The van der Waals surface area contributed by atoms with Crippen molar-refractivity contribution >= 4 is 10.9 Å². The molecule has 2 N–H and O–H groups in total. The number of hydrogen-bond donors (Lipinski definition) is 2. The number of nitrogens with zero attached hydrogens (tertiary/aromatic N) is 2. The van der Waals surface area contributed by atoms with Crippen LogP contribution >= 0.6 is 0 Å². The van der Waals surface area contributed by atoms with E-state index < -0.39 is 0 Å². The van der Waals surface area contributed by atoms with Crippen LogP contribution in [-0.2, 0) is 0 Å². The van der Waals surface area contributed by atoms with Gasteiger partial charge in [-0.15, -0.1) is 0 Å². The molecule has 4 heteroatoms. The highest BCUT2D eigenvalue weighted by Crippen LogP contribution is 2.20. The van der Waals surface area contributed by atoms with Crippen molar-refractivity contribution in [2.75, 3.05) is 0 Å². The number of aromatic amines is 2. The van der Waals surface area contributed by atoms with Gasteiger partial charge in [-0.3, -0.25) is 5.10 Å². The molecule has 0 radical (unpaired) electrons. The van der Waals surface area contributed by atoms with Crippen molar-refractivity contribution < 1.29 is 0 Å². The quantitative estimate of drug-likeness (QED) is 0.630. The summed E-state index contributed by atoms with van der Waals surface area (Å²) in [4.78, 5) is 7.45. The molecule has 15 heavy (non-hydrogen) atoms. The number of fused-ring (bicyclic) bond motifs is 1. The summed E-state index contributed by atoms with van der Waals surface area (Å²) in [6.45, 7) is 1.89. The van der Waals surface area contributed by atoms with E-state index in [2.05, 4.69) is 26.2 Å². The summed E-state index contributed by atoms with van der Waals surface area (Å²) < 4.78 is 0. The number of benzene rings is 1. The van der Waals surface area contributed by atoms with Crippen LogP contribution in [0.5, 0.6) is 0 Å². The van der Waals surface area contributed by atoms with Gasteiger partial charge in [-0.25, -0.2) is 4.98 Å². The summed E-state index contributed by atoms with van der Waals surface area (Å²) >= 11 is 0. The molecule has 0 bridgehead atoms. The monoisotopic (exact) mass is 198 g/mol. The summed E-state index contributed by atoms with van der Waals surface area (Å²) in [6.07, 6.45) is 1.93. The van der Waals surface area contributed by atoms with Gasteiger partial charge >= 0.3 is 0 Å². The minimum absolute atomic E-state index is 0.746. The largest absolute Gasteiger partial charge is 0.361 e. The predicted molar refractivity (Wildman–Crippen MR) is 58.4 cm³/mol. The van der Waals surface area contributed by atoms with Gasteiger partial charge in [0.15, 0.2) is 5.82 Å². The fraction of sp³-hybridized carbons (Fsp3) is 0.0909. The maximum absolute atomic E-state index is 4.30. The van der Waals surface area contributed by atoms with Gasteiger partial charge < -0.3 is 4.98 Å². The maximum atomic E-state index is 4.30. The summed E-state index contributed by atoms with van der Waals surface area (Å²) in [6, 6.07) is 8.17. The minimum atomic E-state index is 0.746. The van der Waals surface area contributed by atoms with Crippen LogP contribution in [-0.4, -0.2) is 20.2 Å². The molecule has 1 aromatic carbocycles. The lowest BCUT2D eigenvalue weighted by Gasteiger charge is -1.95. The van der Waals surface area contributed by atoms with Gasteiger partial charge in [0.25, 0.3) is 0 Å². The van der Waals surface area contributed by atoms with Gasteiger partial charge in [-0.1, -0.05) is 0 Å². The van der Waals surface area contributed by atoms with Crippen LogP contribution in [0, 0.1) is 6.92 Å². The predicted octanol–water partition coefficient (Wildman–Crippen LogP) is 2.26. The van der Waals surface area contributed by atoms with Gasteiger partial charge in [-0.2, -0.15) is 5.10 Å². The van der Waals surface area contributed by atoms with E-state index >= 15 is 0 Å². The summed E-state index contributed by atoms with van der Waals surface area (Å²) in [5.74, 6) is 1.58. The Morgan fingerprint density at radius 1 is 1.20 bits per heavy atom. The molecule has 3 aromatic rings. The van der Waals surface area contributed by atoms with Gasteiger partial charge in [0.2, 0.25) is 0 Å². The number of aromatic nitrogens is 4. The van der Waals surface area contributed by atoms with Crippen LogP contribution in [0.25, 0.3) is 22.3 Å². The minimum Gasteiger partial charge on any atom is -0.361 e. The van der Waals surface area contributed by atoms with Crippen LogP contribution in [0.3, 0.4) is 0 Å². The second-order valence-corrected chi connectivity index (χ2v) is 3.52. The Morgan fingerprint density at radius 3 is 2.93 bits per heavy atom. The first-order valence-electron chi connectivity index (χ1n) is 4.79. The summed E-state index contributed by atoms with van der Waals surface area (Å²) in [5.41, 5.74) is 2.16. The van der Waals surface area contributed by atoms with E-state index in [0.717, 1.165) is 22.7 Å². The molecule has 0 fully saturated rings. The van der Waals surface area contributed by atoms with E-state index in [1.807, 2.05) is 31.3 Å². The van der Waals surface area contributed by atoms with Crippen molar-refractivity contribution in [2.24, 2.45) is 0 Å². The molecule has 74 valence electrons. The molecule has 0 unspecified atom stereocenters. The molecule has 0 amide bonds. The molecule has 2 heterocycles. The average molecular weight is 198 g/mol. The fourth-order valence-electron chi connectivity index (χ4n) is 1.66. The third-order valence-electron chi connectivity index (χ3n) is 2.41. The molecule has 0 atom stereocenters. The second kappa shape index (κ2) is 2.95. The average Bonchev–Trinajstić information content (AvgIpc) is 2.84. The molecule has 2 aromatic heterocycles. The molecule has 0 aliphatic rings. The van der Waals surface area contributed by atoms with Gasteiger partial charge in [0, 0.05) is 22.7 Å². The summed E-state index contributed by atoms with van der Waals surface area (Å²) in [5, 5.41) is 8.15. The first kappa shape index (κ1) is 8.23. The van der Waals surface area contributed by atoms with Gasteiger partial charge in [0.1, 0.15) is 5.82 Å². The molecule has 0 aliphatic heterocycles. The Morgan fingerprint density at radius 2 is 2.13 bits per heavy atom. The second-order valence-electron chi connectivity index (χ2n) is 3.52. The number of H-pyrrole nitrogens is 2. The first-order valence-corrected chi connectivity index (χ1v) is 4.79. The Kier molecular flexibility index (Phi) is 1.62. The van der Waals surface area contributed by atoms with E-state index in [-0.39, 0.29) is 0 Å². The van der Waals surface area contributed by atoms with Crippen LogP contribution < -0.4 is 0 Å². The maximum Gasteiger partial charge on any atom is 0.181 e. The molecule has 3 rings (SSSR count). The molecular formula is C11H10N4. The molecule has 4 nitrogen and oxygen atoms in total.